The molecule has 0 radical (unpaired) electrons. The molecule has 18 heavy (non-hydrogen) atoms. The summed E-state index contributed by atoms with van der Waals surface area (Å²) in [5, 5.41) is 7.49. The van der Waals surface area contributed by atoms with Crippen LogP contribution in [0.4, 0.5) is 0 Å². The van der Waals surface area contributed by atoms with Gasteiger partial charge in [0.2, 0.25) is 0 Å². The molecule has 1 rings (SSSR count). The summed E-state index contributed by atoms with van der Waals surface area (Å²) in [7, 11) is 0. The average Bonchev–Trinajstić information content (AvgIpc) is 2.35. The van der Waals surface area contributed by atoms with E-state index >= 15 is 0 Å². The zero-order valence-corrected chi connectivity index (χ0v) is 11.6. The van der Waals surface area contributed by atoms with Gasteiger partial charge < -0.3 is 10.5 Å². The highest BCUT2D eigenvalue weighted by molar-refractivity contribution is 5.82. The lowest BCUT2D eigenvalue weighted by Crippen LogP contribution is -2.31. The van der Waals surface area contributed by atoms with Crippen molar-refractivity contribution in [3.8, 4) is 5.75 Å². The number of benzene rings is 1. The molecule has 0 spiro atoms. The number of nitrogens with one attached hydrogen (secondary N) is 1. The first-order valence-corrected chi connectivity index (χ1v) is 6.52. The molecule has 0 saturated heterocycles. The molecule has 3 N–H and O–H groups in total. The van der Waals surface area contributed by atoms with E-state index in [1.807, 2.05) is 26.0 Å². The van der Waals surface area contributed by atoms with E-state index in [1.54, 1.807) is 0 Å². The molecule has 0 aliphatic carbocycles. The Morgan fingerprint density at radius 3 is 2.72 bits per heavy atom. The maximum Gasteiger partial charge on any atom is 0.119 e. The summed E-state index contributed by atoms with van der Waals surface area (Å²) in [5.41, 5.74) is 6.60. The molecule has 0 aliphatic rings. The first-order chi connectivity index (χ1) is 8.45. The molecule has 100 valence electrons. The van der Waals surface area contributed by atoms with E-state index in [0.717, 1.165) is 25.0 Å². The SMILES string of the molecule is CCc1cccc(OCCCC(C)(C)C(=N)N)c1. The van der Waals surface area contributed by atoms with Gasteiger partial charge in [-0.1, -0.05) is 32.9 Å². The summed E-state index contributed by atoms with van der Waals surface area (Å²) in [6, 6.07) is 8.19. The van der Waals surface area contributed by atoms with E-state index < -0.39 is 0 Å². The zero-order valence-electron chi connectivity index (χ0n) is 11.6. The molecule has 3 nitrogen and oxygen atoms in total. The summed E-state index contributed by atoms with van der Waals surface area (Å²) < 4.78 is 5.71. The van der Waals surface area contributed by atoms with Crippen LogP contribution in [0.3, 0.4) is 0 Å². The fraction of sp³-hybridized carbons (Fsp3) is 0.533. The summed E-state index contributed by atoms with van der Waals surface area (Å²) in [4.78, 5) is 0. The molecule has 0 saturated carbocycles. The van der Waals surface area contributed by atoms with Crippen LogP contribution in [-0.2, 0) is 6.42 Å². The van der Waals surface area contributed by atoms with Gasteiger partial charge in [0.25, 0.3) is 0 Å². The van der Waals surface area contributed by atoms with Gasteiger partial charge in [0.1, 0.15) is 5.75 Å². The van der Waals surface area contributed by atoms with Crippen molar-refractivity contribution in [2.45, 2.75) is 40.0 Å². The predicted octanol–water partition coefficient (Wildman–Crippen LogP) is 3.37. The Kier molecular flexibility index (Phi) is 5.20. The molecule has 0 heterocycles. The van der Waals surface area contributed by atoms with Gasteiger partial charge in [0, 0.05) is 5.41 Å². The molecule has 0 unspecified atom stereocenters. The third-order valence-corrected chi connectivity index (χ3v) is 3.25. The van der Waals surface area contributed by atoms with E-state index in [4.69, 9.17) is 15.9 Å². The smallest absolute Gasteiger partial charge is 0.119 e. The Bertz CT molecular complexity index is 399. The van der Waals surface area contributed by atoms with Crippen LogP contribution < -0.4 is 10.5 Å². The Balaban J connectivity index is 2.36. The van der Waals surface area contributed by atoms with Gasteiger partial charge in [-0.05, 0) is 37.0 Å². The van der Waals surface area contributed by atoms with Crippen LogP contribution in [0.5, 0.6) is 5.75 Å². The minimum atomic E-state index is -0.228. The number of amidine groups is 1. The fourth-order valence-corrected chi connectivity index (χ4v) is 1.69. The van der Waals surface area contributed by atoms with Crippen molar-refractivity contribution >= 4 is 5.84 Å². The monoisotopic (exact) mass is 248 g/mol. The average molecular weight is 248 g/mol. The molecule has 0 atom stereocenters. The lowest BCUT2D eigenvalue weighted by molar-refractivity contribution is 0.286. The number of hydrogen-bond donors (Lipinski definition) is 2. The van der Waals surface area contributed by atoms with Crippen LogP contribution in [0.2, 0.25) is 0 Å². The molecule has 0 fully saturated rings. The van der Waals surface area contributed by atoms with Crippen LogP contribution in [0.1, 0.15) is 39.2 Å². The Morgan fingerprint density at radius 2 is 2.11 bits per heavy atom. The van der Waals surface area contributed by atoms with E-state index in [0.29, 0.717) is 6.61 Å². The lowest BCUT2D eigenvalue weighted by Gasteiger charge is -2.22. The highest BCUT2D eigenvalue weighted by Gasteiger charge is 2.20. The van der Waals surface area contributed by atoms with E-state index in [9.17, 15) is 0 Å². The highest BCUT2D eigenvalue weighted by Crippen LogP contribution is 2.22. The first kappa shape index (κ1) is 14.6. The Labute approximate surface area is 110 Å². The molecule has 3 heteroatoms. The van der Waals surface area contributed by atoms with Crippen molar-refractivity contribution in [1.29, 1.82) is 5.41 Å². The first-order valence-electron chi connectivity index (χ1n) is 6.52. The number of nitrogens with two attached hydrogens (primary N) is 1. The minimum absolute atomic E-state index is 0.228. The normalized spacial score (nSPS) is 11.3. The maximum atomic E-state index is 7.49. The Morgan fingerprint density at radius 1 is 1.39 bits per heavy atom. The summed E-state index contributed by atoms with van der Waals surface area (Å²) in [6.45, 7) is 6.79. The standard InChI is InChI=1S/C15H24N2O/c1-4-12-7-5-8-13(11-12)18-10-6-9-15(2,3)14(16)17/h5,7-8,11H,4,6,9-10H2,1-3H3,(H3,16,17). The molecular formula is C15H24N2O. The fourth-order valence-electron chi connectivity index (χ4n) is 1.69. The molecule has 0 aliphatic heterocycles. The van der Waals surface area contributed by atoms with Crippen molar-refractivity contribution in [1.82, 2.24) is 0 Å². The summed E-state index contributed by atoms with van der Waals surface area (Å²) >= 11 is 0. The van der Waals surface area contributed by atoms with Crippen LogP contribution in [-0.4, -0.2) is 12.4 Å². The third-order valence-electron chi connectivity index (χ3n) is 3.25. The summed E-state index contributed by atoms with van der Waals surface area (Å²) in [5.74, 6) is 1.17. The highest BCUT2D eigenvalue weighted by atomic mass is 16.5. The van der Waals surface area contributed by atoms with Crippen molar-refractivity contribution < 1.29 is 4.74 Å². The number of hydrogen-bond acceptors (Lipinski definition) is 2. The van der Waals surface area contributed by atoms with Crippen molar-refractivity contribution in [2.75, 3.05) is 6.61 Å². The second kappa shape index (κ2) is 6.43. The largest absolute Gasteiger partial charge is 0.494 e. The van der Waals surface area contributed by atoms with Gasteiger partial charge in [-0.3, -0.25) is 5.41 Å². The summed E-state index contributed by atoms with van der Waals surface area (Å²) in [6.07, 6.45) is 2.80. The van der Waals surface area contributed by atoms with Gasteiger partial charge in [-0.15, -0.1) is 0 Å². The van der Waals surface area contributed by atoms with Gasteiger partial charge in [-0.25, -0.2) is 0 Å². The van der Waals surface area contributed by atoms with Crippen molar-refractivity contribution in [3.05, 3.63) is 29.8 Å². The molecule has 0 amide bonds. The maximum absolute atomic E-state index is 7.49. The quantitative estimate of drug-likeness (QED) is 0.441. The van der Waals surface area contributed by atoms with Crippen molar-refractivity contribution in [2.24, 2.45) is 11.1 Å². The molecule has 1 aromatic carbocycles. The van der Waals surface area contributed by atoms with Crippen molar-refractivity contribution in [3.63, 3.8) is 0 Å². The van der Waals surface area contributed by atoms with Crippen LogP contribution in [0.25, 0.3) is 0 Å². The van der Waals surface area contributed by atoms with Crippen LogP contribution in [0.15, 0.2) is 24.3 Å². The van der Waals surface area contributed by atoms with Gasteiger partial charge >= 0.3 is 0 Å². The topological polar surface area (TPSA) is 59.1 Å². The number of aryl methyl sites for hydroxylation is 1. The van der Waals surface area contributed by atoms with Gasteiger partial charge in [-0.2, -0.15) is 0 Å². The second-order valence-electron chi connectivity index (χ2n) is 5.25. The van der Waals surface area contributed by atoms with Crippen LogP contribution >= 0.6 is 0 Å². The Hall–Kier alpha value is -1.51. The molecular weight excluding hydrogens is 224 g/mol. The van der Waals surface area contributed by atoms with Crippen LogP contribution in [0, 0.1) is 10.8 Å². The molecule has 0 aromatic heterocycles. The van der Waals surface area contributed by atoms with Gasteiger partial charge in [0.05, 0.1) is 12.4 Å². The van der Waals surface area contributed by atoms with E-state index in [-0.39, 0.29) is 11.3 Å². The van der Waals surface area contributed by atoms with E-state index in [2.05, 4.69) is 19.1 Å². The van der Waals surface area contributed by atoms with E-state index in [1.165, 1.54) is 5.56 Å². The molecule has 0 bridgehead atoms. The lowest BCUT2D eigenvalue weighted by atomic mass is 9.87. The number of ether oxygens (including phenoxy) is 1. The molecule has 1 aromatic rings. The number of rotatable bonds is 7. The van der Waals surface area contributed by atoms with Gasteiger partial charge in [0.15, 0.2) is 0 Å². The zero-order chi connectivity index (χ0) is 13.6. The second-order valence-corrected chi connectivity index (χ2v) is 5.25. The predicted molar refractivity (Wildman–Crippen MR) is 76.2 cm³/mol. The minimum Gasteiger partial charge on any atom is -0.494 e. The third kappa shape index (κ3) is 4.40.